The zero-order chi connectivity index (χ0) is 9.97. The number of aldehydes is 1. The minimum atomic E-state index is 0.657. The summed E-state index contributed by atoms with van der Waals surface area (Å²) in [6, 6.07) is 9.68. The summed E-state index contributed by atoms with van der Waals surface area (Å²) in [4.78, 5) is 10.4. The van der Waals surface area contributed by atoms with Crippen molar-refractivity contribution in [1.82, 2.24) is 0 Å². The predicted molar refractivity (Wildman–Crippen MR) is 55.9 cm³/mol. The van der Waals surface area contributed by atoms with E-state index in [9.17, 15) is 4.79 Å². The Hall–Kier alpha value is -1.83. The molecule has 2 heteroatoms. The van der Waals surface area contributed by atoms with Gasteiger partial charge < -0.3 is 4.42 Å². The van der Waals surface area contributed by atoms with E-state index >= 15 is 0 Å². The minimum absolute atomic E-state index is 0.657. The molecule has 0 radical (unpaired) electrons. The van der Waals surface area contributed by atoms with Crippen molar-refractivity contribution >= 4 is 23.3 Å². The van der Waals surface area contributed by atoms with Gasteiger partial charge >= 0.3 is 0 Å². The molecule has 0 N–H and O–H groups in total. The molecule has 0 aliphatic heterocycles. The molecule has 0 unspecified atom stereocenters. The Morgan fingerprint density at radius 1 is 1.36 bits per heavy atom. The molecule has 0 atom stereocenters. The number of carbonyl (C=O) groups excluding carboxylic acids is 1. The van der Waals surface area contributed by atoms with Gasteiger partial charge in [0.1, 0.15) is 17.6 Å². The lowest BCUT2D eigenvalue weighted by Gasteiger charge is -1.85. The third-order valence-electron chi connectivity index (χ3n) is 2.00. The van der Waals surface area contributed by atoms with Gasteiger partial charge in [-0.05, 0) is 30.7 Å². The number of hydrogen-bond acceptors (Lipinski definition) is 2. The van der Waals surface area contributed by atoms with Gasteiger partial charge in [-0.25, -0.2) is 0 Å². The summed E-state index contributed by atoms with van der Waals surface area (Å²) in [6.45, 7) is 1.75. The van der Waals surface area contributed by atoms with Gasteiger partial charge in [0, 0.05) is 5.39 Å². The first-order valence-electron chi connectivity index (χ1n) is 4.41. The van der Waals surface area contributed by atoms with Crippen LogP contribution in [0.5, 0.6) is 0 Å². The summed E-state index contributed by atoms with van der Waals surface area (Å²) in [6.07, 6.45) is 2.54. The molecule has 2 aromatic rings. The average Bonchev–Trinajstić information content (AvgIpc) is 2.59. The van der Waals surface area contributed by atoms with Gasteiger partial charge in [-0.3, -0.25) is 4.79 Å². The maximum absolute atomic E-state index is 10.4. The van der Waals surface area contributed by atoms with Gasteiger partial charge in [-0.2, -0.15) is 0 Å². The van der Waals surface area contributed by atoms with Crippen LogP contribution in [0.4, 0.5) is 0 Å². The molecule has 70 valence electrons. The second-order valence-electron chi connectivity index (χ2n) is 3.19. The van der Waals surface area contributed by atoms with E-state index in [2.05, 4.69) is 0 Å². The van der Waals surface area contributed by atoms with E-state index in [0.717, 1.165) is 23.0 Å². The van der Waals surface area contributed by atoms with Crippen molar-refractivity contribution in [2.24, 2.45) is 0 Å². The second-order valence-corrected chi connectivity index (χ2v) is 3.19. The molecule has 0 aliphatic rings. The van der Waals surface area contributed by atoms with E-state index in [-0.39, 0.29) is 0 Å². The van der Waals surface area contributed by atoms with Crippen molar-refractivity contribution in [3.05, 3.63) is 41.7 Å². The Bertz CT molecular complexity index is 459. The molecule has 1 heterocycles. The first-order chi connectivity index (χ1) is 6.79. The van der Waals surface area contributed by atoms with Gasteiger partial charge in [0.15, 0.2) is 0 Å². The Labute approximate surface area is 81.8 Å². The zero-order valence-electron chi connectivity index (χ0n) is 7.86. The maximum Gasteiger partial charge on any atom is 0.145 e. The molecule has 2 rings (SSSR count). The Morgan fingerprint density at radius 3 is 2.86 bits per heavy atom. The molecule has 0 spiro atoms. The summed E-state index contributed by atoms with van der Waals surface area (Å²) in [5.74, 6) is 0.718. The normalized spacial score (nSPS) is 11.9. The highest BCUT2D eigenvalue weighted by atomic mass is 16.3. The molecule has 14 heavy (non-hydrogen) atoms. The van der Waals surface area contributed by atoms with Crippen LogP contribution in [0.3, 0.4) is 0 Å². The summed E-state index contributed by atoms with van der Waals surface area (Å²) in [5, 5.41) is 1.05. The van der Waals surface area contributed by atoms with Crippen LogP contribution in [0.1, 0.15) is 12.7 Å². The van der Waals surface area contributed by atoms with Crippen LogP contribution in [0.15, 0.2) is 40.3 Å². The maximum atomic E-state index is 10.4. The molecule has 0 amide bonds. The van der Waals surface area contributed by atoms with Gasteiger partial charge in [0.2, 0.25) is 0 Å². The molecule has 0 bridgehead atoms. The van der Waals surface area contributed by atoms with Crippen LogP contribution in [0.2, 0.25) is 0 Å². The van der Waals surface area contributed by atoms with E-state index in [1.165, 1.54) is 0 Å². The van der Waals surface area contributed by atoms with Crippen molar-refractivity contribution in [3.8, 4) is 0 Å². The van der Waals surface area contributed by atoms with Gasteiger partial charge in [0.25, 0.3) is 0 Å². The van der Waals surface area contributed by atoms with Gasteiger partial charge in [-0.1, -0.05) is 18.2 Å². The lowest BCUT2D eigenvalue weighted by atomic mass is 10.2. The molecular weight excluding hydrogens is 176 g/mol. The Balaban J connectivity index is 2.50. The van der Waals surface area contributed by atoms with Crippen molar-refractivity contribution in [3.63, 3.8) is 0 Å². The fourth-order valence-electron chi connectivity index (χ4n) is 1.33. The van der Waals surface area contributed by atoms with E-state index in [4.69, 9.17) is 4.42 Å². The number of carbonyl (C=O) groups is 1. The van der Waals surface area contributed by atoms with E-state index in [1.807, 2.05) is 30.3 Å². The largest absolute Gasteiger partial charge is 0.457 e. The minimum Gasteiger partial charge on any atom is -0.457 e. The van der Waals surface area contributed by atoms with Crippen molar-refractivity contribution in [2.45, 2.75) is 6.92 Å². The Kier molecular flexibility index (Phi) is 2.19. The number of hydrogen-bond donors (Lipinski definition) is 0. The van der Waals surface area contributed by atoms with Crippen LogP contribution < -0.4 is 0 Å². The molecular formula is C12H10O2. The highest BCUT2D eigenvalue weighted by Gasteiger charge is 1.99. The van der Waals surface area contributed by atoms with Gasteiger partial charge in [0.05, 0.1) is 0 Å². The number of benzene rings is 1. The summed E-state index contributed by atoms with van der Waals surface area (Å²) < 4.78 is 5.51. The molecule has 1 aromatic carbocycles. The fraction of sp³-hybridized carbons (Fsp3) is 0.0833. The number of allylic oxidation sites excluding steroid dienone is 1. The third kappa shape index (κ3) is 1.59. The lowest BCUT2D eigenvalue weighted by Crippen LogP contribution is -1.73. The first kappa shape index (κ1) is 8.75. The molecule has 0 saturated heterocycles. The molecule has 0 saturated carbocycles. The quantitative estimate of drug-likeness (QED) is 0.533. The SMILES string of the molecule is C/C(C=O)=C/c1cc2ccccc2o1. The molecule has 2 nitrogen and oxygen atoms in total. The molecule has 0 fully saturated rings. The van der Waals surface area contributed by atoms with Crippen LogP contribution in [0, 0.1) is 0 Å². The number of fused-ring (bicyclic) bond motifs is 1. The van der Waals surface area contributed by atoms with Crippen LogP contribution >= 0.6 is 0 Å². The summed E-state index contributed by atoms with van der Waals surface area (Å²) >= 11 is 0. The number of furan rings is 1. The third-order valence-corrected chi connectivity index (χ3v) is 2.00. The summed E-state index contributed by atoms with van der Waals surface area (Å²) in [7, 11) is 0. The van der Waals surface area contributed by atoms with Crippen LogP contribution in [0.25, 0.3) is 17.0 Å². The average molecular weight is 186 g/mol. The van der Waals surface area contributed by atoms with Crippen molar-refractivity contribution in [2.75, 3.05) is 0 Å². The van der Waals surface area contributed by atoms with E-state index in [0.29, 0.717) is 5.57 Å². The topological polar surface area (TPSA) is 30.2 Å². The standard InChI is InChI=1S/C12H10O2/c1-9(8-13)6-11-7-10-4-2-3-5-12(10)14-11/h2-8H,1H3/b9-6-. The summed E-state index contributed by atoms with van der Waals surface area (Å²) in [5.41, 5.74) is 1.50. The monoisotopic (exact) mass is 186 g/mol. The smallest absolute Gasteiger partial charge is 0.145 e. The fourth-order valence-corrected chi connectivity index (χ4v) is 1.33. The predicted octanol–water partition coefficient (Wildman–Crippen LogP) is 3.04. The lowest BCUT2D eigenvalue weighted by molar-refractivity contribution is -0.104. The van der Waals surface area contributed by atoms with Crippen LogP contribution in [-0.4, -0.2) is 6.29 Å². The zero-order valence-corrected chi connectivity index (χ0v) is 7.86. The second kappa shape index (κ2) is 3.50. The highest BCUT2D eigenvalue weighted by Crippen LogP contribution is 2.20. The molecule has 0 aliphatic carbocycles. The van der Waals surface area contributed by atoms with Gasteiger partial charge in [-0.15, -0.1) is 0 Å². The van der Waals surface area contributed by atoms with Crippen molar-refractivity contribution in [1.29, 1.82) is 0 Å². The van der Waals surface area contributed by atoms with E-state index in [1.54, 1.807) is 13.0 Å². The highest BCUT2D eigenvalue weighted by molar-refractivity contribution is 5.84. The van der Waals surface area contributed by atoms with E-state index < -0.39 is 0 Å². The first-order valence-corrected chi connectivity index (χ1v) is 4.41. The molecule has 1 aromatic heterocycles. The van der Waals surface area contributed by atoms with Crippen LogP contribution in [-0.2, 0) is 4.79 Å². The number of rotatable bonds is 2. The Morgan fingerprint density at radius 2 is 2.14 bits per heavy atom. The number of para-hydroxylation sites is 1. The van der Waals surface area contributed by atoms with Crippen molar-refractivity contribution < 1.29 is 9.21 Å².